The van der Waals surface area contributed by atoms with Crippen molar-refractivity contribution in [3.8, 4) is 17.0 Å². The highest BCUT2D eigenvalue weighted by Crippen LogP contribution is 2.31. The molecule has 8 heteroatoms. The van der Waals surface area contributed by atoms with E-state index in [1.54, 1.807) is 6.20 Å². The SMILES string of the molecule is O=Cc1ncc(-c2ccccc2)cc1N1CC[C@H](Oc2ccc(C(F)(F)F)cn2)C1. The summed E-state index contributed by atoms with van der Waals surface area (Å²) in [6, 6.07) is 13.8. The summed E-state index contributed by atoms with van der Waals surface area (Å²) >= 11 is 0. The van der Waals surface area contributed by atoms with E-state index in [2.05, 4.69) is 9.97 Å². The van der Waals surface area contributed by atoms with Crippen LogP contribution < -0.4 is 9.64 Å². The lowest BCUT2D eigenvalue weighted by Gasteiger charge is -2.21. The number of hydrogen-bond acceptors (Lipinski definition) is 5. The average Bonchev–Trinajstić information content (AvgIpc) is 3.22. The molecule has 1 aliphatic heterocycles. The molecular formula is C22H18F3N3O2. The monoisotopic (exact) mass is 413 g/mol. The van der Waals surface area contributed by atoms with E-state index in [9.17, 15) is 18.0 Å². The fourth-order valence-corrected chi connectivity index (χ4v) is 3.43. The third kappa shape index (κ3) is 4.27. The first-order valence-electron chi connectivity index (χ1n) is 9.39. The molecule has 0 spiro atoms. The Balaban J connectivity index is 1.49. The van der Waals surface area contributed by atoms with Crippen LogP contribution in [0.4, 0.5) is 18.9 Å². The summed E-state index contributed by atoms with van der Waals surface area (Å²) in [5, 5.41) is 0. The van der Waals surface area contributed by atoms with Gasteiger partial charge in [-0.25, -0.2) is 4.98 Å². The van der Waals surface area contributed by atoms with Crippen molar-refractivity contribution in [3.63, 3.8) is 0 Å². The van der Waals surface area contributed by atoms with Gasteiger partial charge in [-0.3, -0.25) is 9.78 Å². The van der Waals surface area contributed by atoms with Gasteiger partial charge in [0.05, 0.1) is 17.8 Å². The molecule has 0 aliphatic carbocycles. The topological polar surface area (TPSA) is 55.3 Å². The number of carbonyl (C=O) groups is 1. The van der Waals surface area contributed by atoms with Crippen LogP contribution in [0.2, 0.25) is 0 Å². The zero-order valence-corrected chi connectivity index (χ0v) is 15.8. The number of pyridine rings is 2. The number of benzene rings is 1. The smallest absolute Gasteiger partial charge is 0.417 e. The van der Waals surface area contributed by atoms with Gasteiger partial charge in [0.2, 0.25) is 5.88 Å². The highest BCUT2D eigenvalue weighted by atomic mass is 19.4. The van der Waals surface area contributed by atoms with Gasteiger partial charge in [0.15, 0.2) is 6.29 Å². The van der Waals surface area contributed by atoms with Crippen molar-refractivity contribution in [1.82, 2.24) is 9.97 Å². The van der Waals surface area contributed by atoms with Crippen LogP contribution in [0.3, 0.4) is 0 Å². The predicted octanol–water partition coefficient (Wildman–Crippen LogP) is 4.63. The van der Waals surface area contributed by atoms with Gasteiger partial charge < -0.3 is 9.64 Å². The Kier molecular flexibility index (Phi) is 5.39. The molecule has 154 valence electrons. The maximum Gasteiger partial charge on any atom is 0.417 e. The Hall–Kier alpha value is -3.42. The summed E-state index contributed by atoms with van der Waals surface area (Å²) in [6.45, 7) is 1.11. The van der Waals surface area contributed by atoms with E-state index in [0.717, 1.165) is 29.7 Å². The Morgan fingerprint density at radius 1 is 1.03 bits per heavy atom. The van der Waals surface area contributed by atoms with E-state index in [0.29, 0.717) is 30.9 Å². The van der Waals surface area contributed by atoms with Gasteiger partial charge in [-0.05, 0) is 17.7 Å². The van der Waals surface area contributed by atoms with Gasteiger partial charge in [-0.1, -0.05) is 30.3 Å². The van der Waals surface area contributed by atoms with Crippen molar-refractivity contribution in [3.05, 3.63) is 72.2 Å². The molecule has 0 amide bonds. The van der Waals surface area contributed by atoms with Gasteiger partial charge in [0.25, 0.3) is 0 Å². The van der Waals surface area contributed by atoms with Gasteiger partial charge in [0, 0.05) is 37.0 Å². The van der Waals surface area contributed by atoms with Crippen molar-refractivity contribution in [2.75, 3.05) is 18.0 Å². The number of halogens is 3. The van der Waals surface area contributed by atoms with Crippen LogP contribution in [0, 0.1) is 0 Å². The second-order valence-electron chi connectivity index (χ2n) is 6.97. The molecule has 2 aromatic heterocycles. The number of carbonyl (C=O) groups excluding carboxylic acids is 1. The molecule has 0 N–H and O–H groups in total. The molecule has 1 saturated heterocycles. The fourth-order valence-electron chi connectivity index (χ4n) is 3.43. The van der Waals surface area contributed by atoms with Crippen LogP contribution in [-0.2, 0) is 6.18 Å². The lowest BCUT2D eigenvalue weighted by Crippen LogP contribution is -2.26. The molecule has 0 unspecified atom stereocenters. The summed E-state index contributed by atoms with van der Waals surface area (Å²) in [6.07, 6.45) is -0.892. The van der Waals surface area contributed by atoms with Crippen LogP contribution in [0.1, 0.15) is 22.5 Å². The van der Waals surface area contributed by atoms with Crippen molar-refractivity contribution >= 4 is 12.0 Å². The van der Waals surface area contributed by atoms with Crippen LogP contribution in [0.5, 0.6) is 5.88 Å². The molecule has 1 atom stereocenters. The van der Waals surface area contributed by atoms with Gasteiger partial charge in [0.1, 0.15) is 11.8 Å². The third-order valence-electron chi connectivity index (χ3n) is 4.95. The van der Waals surface area contributed by atoms with E-state index >= 15 is 0 Å². The van der Waals surface area contributed by atoms with Crippen LogP contribution in [-0.4, -0.2) is 35.4 Å². The molecule has 4 rings (SSSR count). The normalized spacial score (nSPS) is 16.5. The number of rotatable bonds is 5. The molecular weight excluding hydrogens is 395 g/mol. The Labute approximate surface area is 171 Å². The number of anilines is 1. The number of nitrogens with zero attached hydrogens (tertiary/aromatic N) is 3. The maximum atomic E-state index is 12.7. The minimum atomic E-state index is -4.43. The van der Waals surface area contributed by atoms with E-state index in [4.69, 9.17) is 4.74 Å². The van der Waals surface area contributed by atoms with Crippen LogP contribution in [0.15, 0.2) is 60.9 Å². The lowest BCUT2D eigenvalue weighted by molar-refractivity contribution is -0.137. The molecule has 1 fully saturated rings. The largest absolute Gasteiger partial charge is 0.472 e. The summed E-state index contributed by atoms with van der Waals surface area (Å²) in [7, 11) is 0. The predicted molar refractivity (Wildman–Crippen MR) is 106 cm³/mol. The average molecular weight is 413 g/mol. The molecule has 5 nitrogen and oxygen atoms in total. The molecule has 0 bridgehead atoms. The maximum absolute atomic E-state index is 12.7. The van der Waals surface area contributed by atoms with Crippen molar-refractivity contribution < 1.29 is 22.7 Å². The Bertz CT molecular complexity index is 1020. The minimum Gasteiger partial charge on any atom is -0.472 e. The van der Waals surface area contributed by atoms with E-state index in [-0.39, 0.29) is 12.0 Å². The number of ether oxygens (including phenoxy) is 1. The van der Waals surface area contributed by atoms with Crippen LogP contribution >= 0.6 is 0 Å². The molecule has 30 heavy (non-hydrogen) atoms. The molecule has 0 radical (unpaired) electrons. The van der Waals surface area contributed by atoms with Crippen LogP contribution in [0.25, 0.3) is 11.1 Å². The van der Waals surface area contributed by atoms with Gasteiger partial charge in [-0.2, -0.15) is 13.2 Å². The first-order chi connectivity index (χ1) is 14.4. The second-order valence-corrected chi connectivity index (χ2v) is 6.97. The van der Waals surface area contributed by atoms with Crippen molar-refractivity contribution in [2.45, 2.75) is 18.7 Å². The van der Waals surface area contributed by atoms with E-state index in [1.807, 2.05) is 41.3 Å². The first-order valence-corrected chi connectivity index (χ1v) is 9.39. The van der Waals surface area contributed by atoms with Gasteiger partial charge >= 0.3 is 6.18 Å². The van der Waals surface area contributed by atoms with Crippen molar-refractivity contribution in [1.29, 1.82) is 0 Å². The number of alkyl halides is 3. The molecule has 3 heterocycles. The van der Waals surface area contributed by atoms with Gasteiger partial charge in [-0.15, -0.1) is 0 Å². The highest BCUT2D eigenvalue weighted by Gasteiger charge is 2.31. The fraction of sp³-hybridized carbons (Fsp3) is 0.227. The molecule has 1 aromatic carbocycles. The lowest BCUT2D eigenvalue weighted by atomic mass is 10.1. The zero-order chi connectivity index (χ0) is 21.1. The number of hydrogen-bond donors (Lipinski definition) is 0. The Morgan fingerprint density at radius 2 is 1.83 bits per heavy atom. The standard InChI is InChI=1S/C22H18F3N3O2/c23-22(24,25)17-6-7-21(27-12-17)30-18-8-9-28(13-18)20-10-16(11-26-19(20)14-29)15-4-2-1-3-5-15/h1-7,10-12,14,18H,8-9,13H2/t18-/m0/s1. The Morgan fingerprint density at radius 3 is 2.50 bits per heavy atom. The molecule has 1 aliphatic rings. The summed E-state index contributed by atoms with van der Waals surface area (Å²) < 4.78 is 43.8. The molecule has 3 aromatic rings. The summed E-state index contributed by atoms with van der Waals surface area (Å²) in [5.41, 5.74) is 2.11. The third-order valence-corrected chi connectivity index (χ3v) is 4.95. The quantitative estimate of drug-likeness (QED) is 0.571. The van der Waals surface area contributed by atoms with E-state index in [1.165, 1.54) is 6.07 Å². The summed E-state index contributed by atoms with van der Waals surface area (Å²) in [4.78, 5) is 21.5. The molecule has 0 saturated carbocycles. The van der Waals surface area contributed by atoms with Crippen molar-refractivity contribution in [2.24, 2.45) is 0 Å². The minimum absolute atomic E-state index is 0.140. The zero-order valence-electron chi connectivity index (χ0n) is 15.8. The number of aldehydes is 1. The first kappa shape index (κ1) is 19.9. The highest BCUT2D eigenvalue weighted by molar-refractivity contribution is 5.84. The van der Waals surface area contributed by atoms with E-state index < -0.39 is 11.7 Å². The summed E-state index contributed by atoms with van der Waals surface area (Å²) in [5.74, 6) is 0.140. The second kappa shape index (κ2) is 8.14. The number of aromatic nitrogens is 2.